The average Bonchev–Trinajstić information content (AvgIpc) is 2.37. The van der Waals surface area contributed by atoms with Crippen molar-refractivity contribution in [2.24, 2.45) is 5.41 Å². The third-order valence-electron chi connectivity index (χ3n) is 3.37. The molecule has 7 heteroatoms. The lowest BCUT2D eigenvalue weighted by Gasteiger charge is -2.27. The van der Waals surface area contributed by atoms with Crippen molar-refractivity contribution in [1.82, 2.24) is 5.32 Å². The fourth-order valence-electron chi connectivity index (χ4n) is 1.81. The van der Waals surface area contributed by atoms with Crippen LogP contribution in [0.3, 0.4) is 0 Å². The minimum Gasteiger partial charge on any atom is -0.481 e. The van der Waals surface area contributed by atoms with E-state index >= 15 is 0 Å². The van der Waals surface area contributed by atoms with Crippen LogP contribution in [-0.2, 0) is 9.59 Å². The molecule has 1 rings (SSSR count). The van der Waals surface area contributed by atoms with Gasteiger partial charge in [-0.3, -0.25) is 9.59 Å². The lowest BCUT2D eigenvalue weighted by molar-refractivity contribution is -0.213. The van der Waals surface area contributed by atoms with Gasteiger partial charge in [-0.15, -0.1) is 0 Å². The quantitative estimate of drug-likeness (QED) is 0.848. The lowest BCUT2D eigenvalue weighted by atomic mass is 9.88. The monoisotopic (exact) mass is 317 g/mol. The van der Waals surface area contributed by atoms with Gasteiger partial charge in [0.2, 0.25) is 5.91 Å². The van der Waals surface area contributed by atoms with Crippen LogP contribution >= 0.6 is 0 Å². The first-order valence-electron chi connectivity index (χ1n) is 6.66. The molecule has 1 atom stereocenters. The second kappa shape index (κ2) is 6.81. The molecule has 2 N–H and O–H groups in total. The van der Waals surface area contributed by atoms with Crippen molar-refractivity contribution >= 4 is 11.9 Å². The topological polar surface area (TPSA) is 66.4 Å². The molecule has 4 nitrogen and oxygen atoms in total. The summed E-state index contributed by atoms with van der Waals surface area (Å²) in [7, 11) is 0. The first-order chi connectivity index (χ1) is 10.0. The minimum atomic E-state index is -4.50. The summed E-state index contributed by atoms with van der Waals surface area (Å²) in [5.41, 5.74) is -1.69. The number of carboxylic acid groups (broad SMARTS) is 1. The number of rotatable bonds is 6. The van der Waals surface area contributed by atoms with Gasteiger partial charge in [0.1, 0.15) is 0 Å². The summed E-state index contributed by atoms with van der Waals surface area (Å²) >= 11 is 0. The molecular weight excluding hydrogens is 299 g/mol. The molecule has 22 heavy (non-hydrogen) atoms. The van der Waals surface area contributed by atoms with Crippen LogP contribution in [0.5, 0.6) is 0 Å². The number of amides is 1. The number of alkyl halides is 3. The molecule has 122 valence electrons. The van der Waals surface area contributed by atoms with Crippen molar-refractivity contribution in [3.05, 3.63) is 35.9 Å². The zero-order valence-electron chi connectivity index (χ0n) is 12.3. The fraction of sp³-hybridized carbons (Fsp3) is 0.467. The van der Waals surface area contributed by atoms with Gasteiger partial charge in [-0.25, -0.2) is 0 Å². The van der Waals surface area contributed by atoms with E-state index < -0.39 is 35.8 Å². The number of aliphatic carboxylic acids is 1. The van der Waals surface area contributed by atoms with Gasteiger partial charge in [0.05, 0.1) is 11.3 Å². The smallest absolute Gasteiger partial charge is 0.394 e. The Morgan fingerprint density at radius 1 is 1.18 bits per heavy atom. The number of hydrogen-bond donors (Lipinski definition) is 2. The molecule has 0 aliphatic heterocycles. The van der Waals surface area contributed by atoms with Gasteiger partial charge in [-0.05, 0) is 5.56 Å². The number of hydrogen-bond acceptors (Lipinski definition) is 2. The number of carbonyl (C=O) groups excluding carboxylic acids is 1. The molecule has 0 bridgehead atoms. The molecule has 0 saturated heterocycles. The van der Waals surface area contributed by atoms with Crippen molar-refractivity contribution in [3.63, 3.8) is 0 Å². The zero-order valence-corrected chi connectivity index (χ0v) is 12.3. The van der Waals surface area contributed by atoms with E-state index in [0.717, 1.165) is 13.8 Å². The van der Waals surface area contributed by atoms with Crippen molar-refractivity contribution in [2.45, 2.75) is 32.4 Å². The zero-order chi connectivity index (χ0) is 17.0. The van der Waals surface area contributed by atoms with Crippen molar-refractivity contribution in [1.29, 1.82) is 0 Å². The van der Waals surface area contributed by atoms with Crippen LogP contribution in [-0.4, -0.2) is 29.7 Å². The Hall–Kier alpha value is -2.05. The normalized spacial score (nSPS) is 13.5. The summed E-state index contributed by atoms with van der Waals surface area (Å²) in [6.45, 7) is 1.60. The highest BCUT2D eigenvalue weighted by atomic mass is 19.4. The van der Waals surface area contributed by atoms with Crippen LogP contribution in [0.25, 0.3) is 0 Å². The van der Waals surface area contributed by atoms with Crippen LogP contribution in [0.2, 0.25) is 0 Å². The van der Waals surface area contributed by atoms with Gasteiger partial charge in [-0.2, -0.15) is 13.2 Å². The summed E-state index contributed by atoms with van der Waals surface area (Å²) in [4.78, 5) is 22.9. The molecule has 0 spiro atoms. The van der Waals surface area contributed by atoms with E-state index in [0.29, 0.717) is 5.56 Å². The Kier molecular flexibility index (Phi) is 5.57. The molecule has 1 unspecified atom stereocenters. The molecule has 0 fully saturated rings. The highest BCUT2D eigenvalue weighted by Crippen LogP contribution is 2.40. The molecule has 0 heterocycles. The molecule has 0 aromatic heterocycles. The second-order valence-corrected chi connectivity index (χ2v) is 5.66. The van der Waals surface area contributed by atoms with Gasteiger partial charge < -0.3 is 10.4 Å². The van der Waals surface area contributed by atoms with Crippen molar-refractivity contribution in [2.75, 3.05) is 6.54 Å². The Morgan fingerprint density at radius 2 is 1.73 bits per heavy atom. The number of carboxylic acids is 1. The Labute approximate surface area is 126 Å². The van der Waals surface area contributed by atoms with E-state index in [4.69, 9.17) is 0 Å². The minimum absolute atomic E-state index is 0.258. The van der Waals surface area contributed by atoms with E-state index in [-0.39, 0.29) is 6.54 Å². The molecule has 0 aliphatic carbocycles. The number of carbonyl (C=O) groups is 2. The second-order valence-electron chi connectivity index (χ2n) is 5.66. The maximum absolute atomic E-state index is 12.7. The molecule has 1 aromatic carbocycles. The predicted molar refractivity (Wildman–Crippen MR) is 74.3 cm³/mol. The highest BCUT2D eigenvalue weighted by molar-refractivity contribution is 5.80. The van der Waals surface area contributed by atoms with Crippen molar-refractivity contribution < 1.29 is 27.9 Å². The van der Waals surface area contributed by atoms with Gasteiger partial charge in [0.15, 0.2) is 0 Å². The number of benzene rings is 1. The predicted octanol–water partition coefficient (Wildman–Crippen LogP) is 2.95. The van der Waals surface area contributed by atoms with E-state index in [1.54, 1.807) is 30.3 Å². The van der Waals surface area contributed by atoms with Gasteiger partial charge >= 0.3 is 12.1 Å². The summed E-state index contributed by atoms with van der Waals surface area (Å²) in [5, 5.41) is 11.4. The van der Waals surface area contributed by atoms with Crippen molar-refractivity contribution in [3.8, 4) is 0 Å². The number of nitrogens with one attached hydrogen (secondary N) is 1. The van der Waals surface area contributed by atoms with E-state index in [1.165, 1.54) is 0 Å². The van der Waals surface area contributed by atoms with E-state index in [2.05, 4.69) is 5.32 Å². The summed E-state index contributed by atoms with van der Waals surface area (Å²) in [5.74, 6) is -2.98. The maximum atomic E-state index is 12.7. The molecule has 1 amide bonds. The molecule has 0 saturated carbocycles. The summed E-state index contributed by atoms with van der Waals surface area (Å²) < 4.78 is 38.1. The van der Waals surface area contributed by atoms with Crippen LogP contribution in [0.15, 0.2) is 30.3 Å². The van der Waals surface area contributed by atoms with Crippen LogP contribution in [0, 0.1) is 5.41 Å². The first kappa shape index (κ1) is 18.0. The van der Waals surface area contributed by atoms with E-state index in [9.17, 15) is 27.9 Å². The fourth-order valence-corrected chi connectivity index (χ4v) is 1.81. The van der Waals surface area contributed by atoms with Gasteiger partial charge in [0, 0.05) is 13.0 Å². The first-order valence-corrected chi connectivity index (χ1v) is 6.66. The Bertz CT molecular complexity index is 527. The van der Waals surface area contributed by atoms with Crippen LogP contribution in [0.1, 0.15) is 31.7 Å². The molecule has 1 aromatic rings. The molecule has 0 radical (unpaired) electrons. The Balaban J connectivity index is 2.67. The van der Waals surface area contributed by atoms with E-state index in [1.807, 2.05) is 0 Å². The third kappa shape index (κ3) is 4.75. The number of halogens is 3. The SMILES string of the molecule is CC(C)(CC(=O)NCC(C(=O)O)c1ccccc1)C(F)(F)F. The molecule has 0 aliphatic rings. The van der Waals surface area contributed by atoms with Crippen LogP contribution in [0.4, 0.5) is 13.2 Å². The third-order valence-corrected chi connectivity index (χ3v) is 3.37. The summed E-state index contributed by atoms with van der Waals surface area (Å²) in [6.07, 6.45) is -5.26. The largest absolute Gasteiger partial charge is 0.481 e. The Morgan fingerprint density at radius 3 is 2.18 bits per heavy atom. The maximum Gasteiger partial charge on any atom is 0.394 e. The average molecular weight is 317 g/mol. The summed E-state index contributed by atoms with van der Waals surface area (Å²) in [6, 6.07) is 8.20. The van der Waals surface area contributed by atoms with Crippen LogP contribution < -0.4 is 5.32 Å². The standard InChI is InChI=1S/C15H18F3NO3/c1-14(2,15(16,17)18)8-12(20)19-9-11(13(21)22)10-6-4-3-5-7-10/h3-7,11H,8-9H2,1-2H3,(H,19,20)(H,21,22). The highest BCUT2D eigenvalue weighted by Gasteiger charge is 2.48. The van der Waals surface area contributed by atoms with Gasteiger partial charge in [-0.1, -0.05) is 44.2 Å². The van der Waals surface area contributed by atoms with Gasteiger partial charge in [0.25, 0.3) is 0 Å². The lowest BCUT2D eigenvalue weighted by Crippen LogP contribution is -2.39. The molecular formula is C15H18F3NO3.